The average molecular weight is 310 g/mol. The molecule has 0 spiro atoms. The van der Waals surface area contributed by atoms with Crippen molar-refractivity contribution in [3.63, 3.8) is 0 Å². The van der Waals surface area contributed by atoms with Crippen molar-refractivity contribution in [1.82, 2.24) is 0 Å². The largest absolute Gasteiger partial charge is 0.481 e. The third-order valence-electron chi connectivity index (χ3n) is 2.73. The van der Waals surface area contributed by atoms with Crippen LogP contribution in [-0.2, 0) is 20.8 Å². The summed E-state index contributed by atoms with van der Waals surface area (Å²) in [4.78, 5) is 30.3. The molecule has 0 radical (unpaired) electrons. The Kier molecular flexibility index (Phi) is 11.0. The number of rotatable bonds is 9. The van der Waals surface area contributed by atoms with Crippen LogP contribution in [0.2, 0.25) is 0 Å². The van der Waals surface area contributed by atoms with Crippen LogP contribution in [0.25, 0.3) is 0 Å². The van der Waals surface area contributed by atoms with Crippen molar-refractivity contribution in [2.24, 2.45) is 0 Å². The summed E-state index contributed by atoms with van der Waals surface area (Å²) in [5.41, 5.74) is 0.843. The first-order chi connectivity index (χ1) is 10.4. The molecular formula is C16H22O6. The lowest BCUT2D eigenvalue weighted by Gasteiger charge is -1.96. The van der Waals surface area contributed by atoms with Gasteiger partial charge in [0.25, 0.3) is 0 Å². The van der Waals surface area contributed by atoms with Gasteiger partial charge in [0.2, 0.25) is 0 Å². The molecule has 0 aromatic heterocycles. The van der Waals surface area contributed by atoms with Crippen LogP contribution < -0.4 is 0 Å². The molecule has 6 heteroatoms. The molecule has 0 aliphatic rings. The summed E-state index contributed by atoms with van der Waals surface area (Å²) in [6, 6.07) is 9.13. The summed E-state index contributed by atoms with van der Waals surface area (Å²) in [6.45, 7) is 0. The van der Waals surface area contributed by atoms with Gasteiger partial charge in [-0.3, -0.25) is 14.4 Å². The fourth-order valence-electron chi connectivity index (χ4n) is 1.68. The van der Waals surface area contributed by atoms with Gasteiger partial charge in [-0.2, -0.15) is 0 Å². The number of aliphatic carboxylic acids is 3. The van der Waals surface area contributed by atoms with E-state index in [9.17, 15) is 14.4 Å². The minimum Gasteiger partial charge on any atom is -0.481 e. The summed E-state index contributed by atoms with van der Waals surface area (Å²) in [5, 5.41) is 24.9. The molecule has 0 bridgehead atoms. The number of benzene rings is 1. The van der Waals surface area contributed by atoms with Crippen LogP contribution in [0.3, 0.4) is 0 Å². The third kappa shape index (κ3) is 14.0. The maximum absolute atomic E-state index is 10.2. The second kappa shape index (κ2) is 12.4. The van der Waals surface area contributed by atoms with E-state index in [-0.39, 0.29) is 19.3 Å². The Hall–Kier alpha value is -2.37. The SMILES string of the molecule is O=C(O)CCCCCCC(=O)O.O=C(O)Cc1ccccc1. The molecule has 0 heterocycles. The lowest BCUT2D eigenvalue weighted by atomic mass is 10.1. The second-order valence-corrected chi connectivity index (χ2v) is 4.76. The zero-order valence-corrected chi connectivity index (χ0v) is 12.4. The van der Waals surface area contributed by atoms with E-state index in [1.165, 1.54) is 0 Å². The van der Waals surface area contributed by atoms with Crippen LogP contribution >= 0.6 is 0 Å². The molecule has 0 aliphatic carbocycles. The Bertz CT molecular complexity index is 437. The van der Waals surface area contributed by atoms with Gasteiger partial charge in [0.15, 0.2) is 0 Å². The number of carbonyl (C=O) groups is 3. The molecular weight excluding hydrogens is 288 g/mol. The maximum atomic E-state index is 10.2. The zero-order chi connectivity index (χ0) is 16.8. The van der Waals surface area contributed by atoms with Crippen LogP contribution in [0.1, 0.15) is 44.1 Å². The van der Waals surface area contributed by atoms with E-state index in [2.05, 4.69) is 0 Å². The first-order valence-electron chi connectivity index (χ1n) is 7.11. The van der Waals surface area contributed by atoms with Crippen molar-refractivity contribution in [3.8, 4) is 0 Å². The van der Waals surface area contributed by atoms with Crippen LogP contribution in [0.5, 0.6) is 0 Å². The van der Waals surface area contributed by atoms with Gasteiger partial charge >= 0.3 is 17.9 Å². The van der Waals surface area contributed by atoms with Gasteiger partial charge in [0, 0.05) is 12.8 Å². The predicted molar refractivity (Wildman–Crippen MR) is 80.8 cm³/mol. The Balaban J connectivity index is 0.000000406. The first-order valence-corrected chi connectivity index (χ1v) is 7.11. The zero-order valence-electron chi connectivity index (χ0n) is 12.4. The predicted octanol–water partition coefficient (Wildman–Crippen LogP) is 2.81. The highest BCUT2D eigenvalue weighted by Gasteiger charge is 1.98. The Morgan fingerprint density at radius 1 is 0.682 bits per heavy atom. The highest BCUT2D eigenvalue weighted by molar-refractivity contribution is 5.70. The lowest BCUT2D eigenvalue weighted by Crippen LogP contribution is -1.98. The first kappa shape index (κ1) is 19.6. The standard InChI is InChI=1S/C8H14O4.C8H8O2/c9-7(10)5-3-1-2-4-6-8(11)12;9-8(10)6-7-4-2-1-3-5-7/h1-6H2,(H,9,10)(H,11,12);1-5H,6H2,(H,9,10). The van der Waals surface area contributed by atoms with Gasteiger partial charge in [-0.1, -0.05) is 43.2 Å². The molecule has 0 saturated carbocycles. The van der Waals surface area contributed by atoms with E-state index < -0.39 is 17.9 Å². The van der Waals surface area contributed by atoms with E-state index in [0.717, 1.165) is 18.4 Å². The molecule has 0 unspecified atom stereocenters. The number of carboxylic acids is 3. The summed E-state index contributed by atoms with van der Waals surface area (Å²) in [5.74, 6) is -2.35. The van der Waals surface area contributed by atoms with E-state index >= 15 is 0 Å². The number of hydrogen-bond donors (Lipinski definition) is 3. The quantitative estimate of drug-likeness (QED) is 0.605. The number of carboxylic acid groups (broad SMARTS) is 3. The maximum Gasteiger partial charge on any atom is 0.307 e. The molecule has 0 aliphatic heterocycles. The van der Waals surface area contributed by atoms with Crippen molar-refractivity contribution >= 4 is 17.9 Å². The van der Waals surface area contributed by atoms with Gasteiger partial charge in [0.1, 0.15) is 0 Å². The summed E-state index contributed by atoms with van der Waals surface area (Å²) >= 11 is 0. The summed E-state index contributed by atoms with van der Waals surface area (Å²) < 4.78 is 0. The molecule has 122 valence electrons. The van der Waals surface area contributed by atoms with Crippen molar-refractivity contribution in [1.29, 1.82) is 0 Å². The van der Waals surface area contributed by atoms with Crippen LogP contribution in [0, 0.1) is 0 Å². The normalized spacial score (nSPS) is 9.45. The van der Waals surface area contributed by atoms with Gasteiger partial charge in [-0.25, -0.2) is 0 Å². The van der Waals surface area contributed by atoms with Gasteiger partial charge < -0.3 is 15.3 Å². The van der Waals surface area contributed by atoms with Gasteiger partial charge in [-0.05, 0) is 18.4 Å². The second-order valence-electron chi connectivity index (χ2n) is 4.76. The fourth-order valence-corrected chi connectivity index (χ4v) is 1.68. The van der Waals surface area contributed by atoms with Gasteiger partial charge in [-0.15, -0.1) is 0 Å². The molecule has 0 atom stereocenters. The average Bonchev–Trinajstić information content (AvgIpc) is 2.43. The van der Waals surface area contributed by atoms with E-state index in [1.54, 1.807) is 12.1 Å². The van der Waals surface area contributed by atoms with Gasteiger partial charge in [0.05, 0.1) is 6.42 Å². The van der Waals surface area contributed by atoms with Crippen LogP contribution in [0.15, 0.2) is 30.3 Å². The van der Waals surface area contributed by atoms with Crippen molar-refractivity contribution in [2.45, 2.75) is 44.9 Å². The fraction of sp³-hybridized carbons (Fsp3) is 0.438. The summed E-state index contributed by atoms with van der Waals surface area (Å²) in [7, 11) is 0. The molecule has 0 fully saturated rings. The van der Waals surface area contributed by atoms with Crippen molar-refractivity contribution in [3.05, 3.63) is 35.9 Å². The Labute approximate surface area is 129 Å². The topological polar surface area (TPSA) is 112 Å². The third-order valence-corrected chi connectivity index (χ3v) is 2.73. The minimum absolute atomic E-state index is 0.112. The molecule has 0 saturated heterocycles. The Morgan fingerprint density at radius 3 is 1.50 bits per heavy atom. The van der Waals surface area contributed by atoms with Crippen LogP contribution in [-0.4, -0.2) is 33.2 Å². The Morgan fingerprint density at radius 2 is 1.14 bits per heavy atom. The monoisotopic (exact) mass is 310 g/mol. The molecule has 1 aromatic carbocycles. The highest BCUT2D eigenvalue weighted by atomic mass is 16.4. The molecule has 22 heavy (non-hydrogen) atoms. The molecule has 3 N–H and O–H groups in total. The molecule has 1 rings (SSSR count). The molecule has 0 amide bonds. The van der Waals surface area contributed by atoms with Crippen LogP contribution in [0.4, 0.5) is 0 Å². The summed E-state index contributed by atoms with van der Waals surface area (Å²) in [6.07, 6.45) is 3.39. The minimum atomic E-state index is -0.786. The van der Waals surface area contributed by atoms with Crippen molar-refractivity contribution < 1.29 is 29.7 Å². The highest BCUT2D eigenvalue weighted by Crippen LogP contribution is 2.04. The van der Waals surface area contributed by atoms with E-state index in [1.807, 2.05) is 18.2 Å². The molecule has 1 aromatic rings. The van der Waals surface area contributed by atoms with E-state index in [4.69, 9.17) is 15.3 Å². The lowest BCUT2D eigenvalue weighted by molar-refractivity contribution is -0.138. The van der Waals surface area contributed by atoms with E-state index in [0.29, 0.717) is 12.8 Å². The molecule has 6 nitrogen and oxygen atoms in total. The number of unbranched alkanes of at least 4 members (excludes halogenated alkanes) is 3. The van der Waals surface area contributed by atoms with Crippen molar-refractivity contribution in [2.75, 3.05) is 0 Å². The number of hydrogen-bond acceptors (Lipinski definition) is 3. The smallest absolute Gasteiger partial charge is 0.307 e.